The van der Waals surface area contributed by atoms with Gasteiger partial charge in [0.05, 0.1) is 0 Å². The molecule has 0 aromatic heterocycles. The van der Waals surface area contributed by atoms with Crippen molar-refractivity contribution in [3.8, 4) is 5.75 Å². The quantitative estimate of drug-likeness (QED) is 0.469. The fourth-order valence-electron chi connectivity index (χ4n) is 2.61. The molecule has 3 rings (SSSR count). The Morgan fingerprint density at radius 3 is 2.06 bits per heavy atom. The van der Waals surface area contributed by atoms with Crippen molar-refractivity contribution in [2.24, 2.45) is 0 Å². The second-order valence-corrected chi connectivity index (χ2v) is 6.47. The lowest BCUT2D eigenvalue weighted by Gasteiger charge is -2.10. The molecule has 4 N–H and O–H groups in total. The van der Waals surface area contributed by atoms with Gasteiger partial charge in [-0.05, 0) is 48.5 Å². The van der Waals surface area contributed by atoms with Crippen LogP contribution in [0.15, 0.2) is 78.9 Å². The van der Waals surface area contributed by atoms with Gasteiger partial charge < -0.3 is 26.0 Å². The van der Waals surface area contributed by atoms with Crippen molar-refractivity contribution in [2.75, 3.05) is 29.6 Å². The normalized spacial score (nSPS) is 9.97. The van der Waals surface area contributed by atoms with Crippen LogP contribution in [0.1, 0.15) is 10.4 Å². The average Bonchev–Trinajstić information content (AvgIpc) is 2.78. The molecule has 0 atom stereocenters. The second kappa shape index (κ2) is 10.4. The van der Waals surface area contributed by atoms with Crippen LogP contribution < -0.4 is 26.0 Å². The third kappa shape index (κ3) is 6.60. The van der Waals surface area contributed by atoms with Crippen LogP contribution in [0, 0.1) is 0 Å². The van der Waals surface area contributed by atoms with Crippen LogP contribution in [-0.4, -0.2) is 31.5 Å². The van der Waals surface area contributed by atoms with Gasteiger partial charge in [0.15, 0.2) is 6.61 Å². The average molecular weight is 418 g/mol. The van der Waals surface area contributed by atoms with Gasteiger partial charge in [-0.15, -0.1) is 0 Å². The number of likely N-dealkylation sites (N-methyl/N-ethyl adjacent to an activating group) is 1. The Labute approximate surface area is 179 Å². The first-order valence-electron chi connectivity index (χ1n) is 9.51. The van der Waals surface area contributed by atoms with Crippen molar-refractivity contribution < 1.29 is 19.1 Å². The number of carbonyl (C=O) groups excluding carboxylic acids is 3. The number of rotatable bonds is 7. The van der Waals surface area contributed by atoms with E-state index in [0.29, 0.717) is 28.4 Å². The number of anilines is 3. The van der Waals surface area contributed by atoms with E-state index >= 15 is 0 Å². The van der Waals surface area contributed by atoms with Crippen molar-refractivity contribution in [2.45, 2.75) is 0 Å². The van der Waals surface area contributed by atoms with Crippen LogP contribution in [0.4, 0.5) is 21.9 Å². The smallest absolute Gasteiger partial charge is 0.323 e. The molecule has 0 aliphatic heterocycles. The molecule has 3 aromatic rings. The minimum absolute atomic E-state index is 0.111. The third-order valence-corrected chi connectivity index (χ3v) is 4.18. The summed E-state index contributed by atoms with van der Waals surface area (Å²) in [4.78, 5) is 35.8. The lowest BCUT2D eigenvalue weighted by atomic mass is 10.2. The molecule has 0 fully saturated rings. The number of urea groups is 1. The van der Waals surface area contributed by atoms with Crippen LogP contribution in [0.25, 0.3) is 0 Å². The van der Waals surface area contributed by atoms with Gasteiger partial charge in [0.1, 0.15) is 5.75 Å². The fourth-order valence-corrected chi connectivity index (χ4v) is 2.61. The first-order chi connectivity index (χ1) is 15.0. The predicted octanol–water partition coefficient (Wildman–Crippen LogP) is 3.71. The molecule has 0 saturated heterocycles. The van der Waals surface area contributed by atoms with Crippen molar-refractivity contribution in [3.63, 3.8) is 0 Å². The van der Waals surface area contributed by atoms with Crippen LogP contribution in [0.5, 0.6) is 5.75 Å². The Morgan fingerprint density at radius 2 is 1.39 bits per heavy atom. The summed E-state index contributed by atoms with van der Waals surface area (Å²) in [5.74, 6) is -0.102. The minimum Gasteiger partial charge on any atom is -0.484 e. The Kier molecular flexibility index (Phi) is 7.21. The first kappa shape index (κ1) is 21.4. The molecule has 0 saturated carbocycles. The maximum atomic E-state index is 12.5. The number of amides is 4. The maximum absolute atomic E-state index is 12.5. The van der Waals surface area contributed by atoms with Crippen LogP contribution in [0.3, 0.4) is 0 Å². The van der Waals surface area contributed by atoms with E-state index in [9.17, 15) is 14.4 Å². The van der Waals surface area contributed by atoms with Crippen molar-refractivity contribution in [1.29, 1.82) is 0 Å². The molecule has 0 heterocycles. The van der Waals surface area contributed by atoms with E-state index in [4.69, 9.17) is 4.74 Å². The Hall–Kier alpha value is -4.33. The highest BCUT2D eigenvalue weighted by Crippen LogP contribution is 2.19. The Bertz CT molecular complexity index is 1050. The molecule has 158 valence electrons. The van der Waals surface area contributed by atoms with Crippen LogP contribution in [-0.2, 0) is 4.79 Å². The minimum atomic E-state index is -0.378. The second-order valence-electron chi connectivity index (χ2n) is 6.47. The summed E-state index contributed by atoms with van der Waals surface area (Å²) in [5.41, 5.74) is 2.18. The zero-order chi connectivity index (χ0) is 22.1. The van der Waals surface area contributed by atoms with Gasteiger partial charge in [0.25, 0.3) is 11.8 Å². The molecule has 0 aliphatic rings. The number of hydrogen-bond donors (Lipinski definition) is 4. The summed E-state index contributed by atoms with van der Waals surface area (Å²) >= 11 is 0. The van der Waals surface area contributed by atoms with E-state index in [2.05, 4.69) is 21.3 Å². The first-order valence-corrected chi connectivity index (χ1v) is 9.51. The molecule has 8 nitrogen and oxygen atoms in total. The highest BCUT2D eigenvalue weighted by Gasteiger charge is 2.09. The van der Waals surface area contributed by atoms with Gasteiger partial charge in [0, 0.05) is 35.7 Å². The molecule has 0 spiro atoms. The molecule has 8 heteroatoms. The number of carbonyl (C=O) groups is 3. The summed E-state index contributed by atoms with van der Waals surface area (Å²) in [6.07, 6.45) is 0. The van der Waals surface area contributed by atoms with Crippen LogP contribution in [0.2, 0.25) is 0 Å². The molecule has 4 amide bonds. The van der Waals surface area contributed by atoms with E-state index in [-0.39, 0.29) is 24.5 Å². The summed E-state index contributed by atoms with van der Waals surface area (Å²) in [5, 5.41) is 10.7. The number of hydrogen-bond acceptors (Lipinski definition) is 4. The van der Waals surface area contributed by atoms with Gasteiger partial charge in [-0.1, -0.05) is 24.3 Å². The third-order valence-electron chi connectivity index (χ3n) is 4.18. The lowest BCUT2D eigenvalue weighted by Crippen LogP contribution is -2.24. The largest absolute Gasteiger partial charge is 0.484 e. The molecular weight excluding hydrogens is 396 g/mol. The van der Waals surface area contributed by atoms with E-state index in [0.717, 1.165) is 0 Å². The summed E-state index contributed by atoms with van der Waals surface area (Å²) in [6.45, 7) is -0.111. The highest BCUT2D eigenvalue weighted by atomic mass is 16.5. The predicted molar refractivity (Wildman–Crippen MR) is 119 cm³/mol. The van der Waals surface area contributed by atoms with Gasteiger partial charge in [0.2, 0.25) is 0 Å². The topological polar surface area (TPSA) is 109 Å². The van der Waals surface area contributed by atoms with E-state index in [1.165, 1.54) is 7.05 Å². The number of ether oxygens (including phenoxy) is 1. The van der Waals surface area contributed by atoms with Crippen LogP contribution >= 0.6 is 0 Å². The Balaban J connectivity index is 1.55. The summed E-state index contributed by atoms with van der Waals surface area (Å²) in [7, 11) is 1.53. The van der Waals surface area contributed by atoms with E-state index in [1.54, 1.807) is 60.7 Å². The molecule has 0 aliphatic carbocycles. The Morgan fingerprint density at radius 1 is 0.742 bits per heavy atom. The van der Waals surface area contributed by atoms with Gasteiger partial charge in [-0.2, -0.15) is 0 Å². The number of benzene rings is 3. The van der Waals surface area contributed by atoms with Crippen molar-refractivity contribution in [3.05, 3.63) is 84.4 Å². The van der Waals surface area contributed by atoms with E-state index < -0.39 is 0 Å². The van der Waals surface area contributed by atoms with Crippen molar-refractivity contribution in [1.82, 2.24) is 5.32 Å². The molecule has 3 aromatic carbocycles. The van der Waals surface area contributed by atoms with E-state index in [1.807, 2.05) is 18.2 Å². The number of para-hydroxylation sites is 1. The summed E-state index contributed by atoms with van der Waals surface area (Å²) in [6, 6.07) is 22.0. The molecule has 0 radical (unpaired) electrons. The highest BCUT2D eigenvalue weighted by molar-refractivity contribution is 6.05. The maximum Gasteiger partial charge on any atom is 0.323 e. The van der Waals surface area contributed by atoms with Gasteiger partial charge in [-0.3, -0.25) is 9.59 Å². The summed E-state index contributed by atoms with van der Waals surface area (Å²) < 4.78 is 5.37. The molecule has 31 heavy (non-hydrogen) atoms. The standard InChI is InChI=1S/C23H22N4O4/c1-24-21(28)15-31-20-9-5-8-19(14-20)25-22(29)16-10-12-18(13-11-16)27-23(30)26-17-6-3-2-4-7-17/h2-14H,15H2,1H3,(H,24,28)(H,25,29)(H2,26,27,30). The molecule has 0 unspecified atom stereocenters. The molecule has 0 bridgehead atoms. The number of nitrogens with one attached hydrogen (secondary N) is 4. The van der Waals surface area contributed by atoms with Gasteiger partial charge >= 0.3 is 6.03 Å². The van der Waals surface area contributed by atoms with Crippen molar-refractivity contribution >= 4 is 34.9 Å². The van der Waals surface area contributed by atoms with Gasteiger partial charge in [-0.25, -0.2) is 4.79 Å². The zero-order valence-electron chi connectivity index (χ0n) is 16.8. The molecular formula is C23H22N4O4. The fraction of sp³-hybridized carbons (Fsp3) is 0.0870. The lowest BCUT2D eigenvalue weighted by molar-refractivity contribution is -0.122. The monoisotopic (exact) mass is 418 g/mol. The SMILES string of the molecule is CNC(=O)COc1cccc(NC(=O)c2ccc(NC(=O)Nc3ccccc3)cc2)c1. The zero-order valence-corrected chi connectivity index (χ0v) is 16.8.